The van der Waals surface area contributed by atoms with Crippen molar-refractivity contribution in [3.8, 4) is 0 Å². The molecule has 0 rings (SSSR count). The van der Waals surface area contributed by atoms with Crippen LogP contribution in [0.4, 0.5) is 0 Å². The predicted octanol–water partition coefficient (Wildman–Crippen LogP) is 3.18. The zero-order chi connectivity index (χ0) is 12.4. The molecule has 2 nitrogen and oxygen atoms in total. The zero-order valence-electron chi connectivity index (χ0n) is 10.9. The van der Waals surface area contributed by atoms with E-state index in [1.54, 1.807) is 0 Å². The van der Waals surface area contributed by atoms with Crippen molar-refractivity contribution in [1.29, 1.82) is 0 Å². The van der Waals surface area contributed by atoms with Crippen LogP contribution in [-0.4, -0.2) is 24.3 Å². The summed E-state index contributed by atoms with van der Waals surface area (Å²) in [4.78, 5) is 11.6. The molecule has 0 aliphatic carbocycles. The molecule has 0 aromatic rings. The zero-order valence-corrected chi connectivity index (χ0v) is 11.9. The van der Waals surface area contributed by atoms with Crippen molar-refractivity contribution >= 4 is 14.5 Å². The number of nitrogens with one attached hydrogen (secondary N) is 1. The minimum absolute atomic E-state index is 0.204. The van der Waals surface area contributed by atoms with Crippen LogP contribution in [0.15, 0.2) is 12.7 Å². The summed E-state index contributed by atoms with van der Waals surface area (Å²) in [5, 5.41) is 3.11. The van der Waals surface area contributed by atoms with Crippen LogP contribution in [0.2, 0.25) is 0 Å². The number of amides is 1. The van der Waals surface area contributed by atoms with Gasteiger partial charge in [0, 0.05) is 12.2 Å². The number of hydrogen-bond donors (Lipinski definition) is 1. The summed E-state index contributed by atoms with van der Waals surface area (Å²) in [7, 11) is 0.681. The minimum atomic E-state index is 0.204. The van der Waals surface area contributed by atoms with Crippen molar-refractivity contribution in [2.24, 2.45) is 5.92 Å². The van der Waals surface area contributed by atoms with Gasteiger partial charge in [0.05, 0.1) is 0 Å². The van der Waals surface area contributed by atoms with E-state index >= 15 is 0 Å². The molecule has 0 fully saturated rings. The Kier molecular flexibility index (Phi) is 9.62. The third-order valence-electron chi connectivity index (χ3n) is 2.52. The van der Waals surface area contributed by atoms with Crippen molar-refractivity contribution in [2.45, 2.75) is 46.1 Å². The molecule has 0 aliphatic heterocycles. The third-order valence-corrected chi connectivity index (χ3v) is 3.67. The average molecular weight is 243 g/mol. The van der Waals surface area contributed by atoms with Crippen LogP contribution in [0.5, 0.6) is 0 Å². The van der Waals surface area contributed by atoms with Gasteiger partial charge < -0.3 is 5.32 Å². The summed E-state index contributed by atoms with van der Waals surface area (Å²) in [6.07, 6.45) is 6.81. The van der Waals surface area contributed by atoms with Gasteiger partial charge in [-0.25, -0.2) is 0 Å². The van der Waals surface area contributed by atoms with E-state index in [9.17, 15) is 4.79 Å². The predicted molar refractivity (Wildman–Crippen MR) is 74.5 cm³/mol. The largest absolute Gasteiger partial charge is 0.353 e. The van der Waals surface area contributed by atoms with Gasteiger partial charge >= 0.3 is 0 Å². The molecule has 1 N–H and O–H groups in total. The number of rotatable bonds is 9. The van der Waals surface area contributed by atoms with Gasteiger partial charge in [-0.3, -0.25) is 4.79 Å². The smallest absolute Gasteiger partial charge is 0.224 e. The standard InChI is InChI=1S/C13H26NOP/c1-5-9-16-10-13(15)14-12(6-2)8-7-11(3)4/h5,11-12,16H,1,6-10H2,2-4H3,(H,14,15). The fourth-order valence-corrected chi connectivity index (χ4v) is 2.16. The first-order valence-electron chi connectivity index (χ1n) is 6.21. The first kappa shape index (κ1) is 15.6. The molecule has 0 spiro atoms. The Morgan fingerprint density at radius 1 is 1.44 bits per heavy atom. The molecule has 2 atom stereocenters. The lowest BCUT2D eigenvalue weighted by molar-refractivity contribution is -0.119. The molecule has 16 heavy (non-hydrogen) atoms. The van der Waals surface area contributed by atoms with Crippen LogP contribution in [0, 0.1) is 5.92 Å². The molecule has 0 aromatic heterocycles. The van der Waals surface area contributed by atoms with E-state index in [4.69, 9.17) is 0 Å². The summed E-state index contributed by atoms with van der Waals surface area (Å²) >= 11 is 0. The molecular formula is C13H26NOP. The maximum absolute atomic E-state index is 11.6. The highest BCUT2D eigenvalue weighted by molar-refractivity contribution is 7.39. The lowest BCUT2D eigenvalue weighted by atomic mass is 10.0. The molecule has 2 unspecified atom stereocenters. The van der Waals surface area contributed by atoms with Crippen molar-refractivity contribution < 1.29 is 4.79 Å². The first-order chi connectivity index (χ1) is 7.60. The maximum atomic E-state index is 11.6. The van der Waals surface area contributed by atoms with E-state index in [1.807, 2.05) is 6.08 Å². The van der Waals surface area contributed by atoms with Crippen LogP contribution in [0.25, 0.3) is 0 Å². The van der Waals surface area contributed by atoms with E-state index in [1.165, 1.54) is 6.42 Å². The second-order valence-corrected chi connectivity index (χ2v) is 5.83. The summed E-state index contributed by atoms with van der Waals surface area (Å²) in [5.41, 5.74) is 0. The normalized spacial score (nSPS) is 13.2. The second-order valence-electron chi connectivity index (χ2n) is 4.56. The van der Waals surface area contributed by atoms with Gasteiger partial charge in [0.25, 0.3) is 0 Å². The van der Waals surface area contributed by atoms with Gasteiger partial charge in [0.1, 0.15) is 0 Å². The van der Waals surface area contributed by atoms with Crippen molar-refractivity contribution in [3.05, 3.63) is 12.7 Å². The topological polar surface area (TPSA) is 29.1 Å². The van der Waals surface area contributed by atoms with E-state index < -0.39 is 0 Å². The fourth-order valence-electron chi connectivity index (χ4n) is 1.48. The Bertz CT molecular complexity index is 204. The van der Waals surface area contributed by atoms with Gasteiger partial charge in [0.15, 0.2) is 0 Å². The van der Waals surface area contributed by atoms with Crippen LogP contribution in [0.1, 0.15) is 40.0 Å². The molecule has 0 heterocycles. The second kappa shape index (κ2) is 9.84. The Labute approximate surface area is 102 Å². The molecule has 0 aromatic carbocycles. The molecule has 1 amide bonds. The van der Waals surface area contributed by atoms with Crippen molar-refractivity contribution in [1.82, 2.24) is 5.32 Å². The minimum Gasteiger partial charge on any atom is -0.353 e. The number of carbonyl (C=O) groups excluding carboxylic acids is 1. The molecule has 0 bridgehead atoms. The van der Waals surface area contributed by atoms with Crippen LogP contribution in [0.3, 0.4) is 0 Å². The van der Waals surface area contributed by atoms with Gasteiger partial charge in [-0.2, -0.15) is 0 Å². The van der Waals surface area contributed by atoms with E-state index in [0.29, 0.717) is 26.7 Å². The molecule has 0 aliphatic rings. The van der Waals surface area contributed by atoms with Gasteiger partial charge in [-0.05, 0) is 31.3 Å². The SMILES string of the molecule is C=CCPCC(=O)NC(CC)CCC(C)C. The average Bonchev–Trinajstić information content (AvgIpc) is 2.24. The first-order valence-corrected chi connectivity index (χ1v) is 7.62. The Morgan fingerprint density at radius 2 is 2.12 bits per heavy atom. The quantitative estimate of drug-likeness (QED) is 0.376. The molecule has 0 saturated heterocycles. The van der Waals surface area contributed by atoms with Crippen LogP contribution in [-0.2, 0) is 4.79 Å². The molecular weight excluding hydrogens is 217 g/mol. The number of hydrogen-bond acceptors (Lipinski definition) is 1. The summed E-state index contributed by atoms with van der Waals surface area (Å²) < 4.78 is 0. The van der Waals surface area contributed by atoms with Crippen molar-refractivity contribution in [3.63, 3.8) is 0 Å². The Balaban J connectivity index is 3.73. The summed E-state index contributed by atoms with van der Waals surface area (Å²) in [5.74, 6) is 0.921. The maximum Gasteiger partial charge on any atom is 0.224 e. The highest BCUT2D eigenvalue weighted by atomic mass is 31.1. The Hall–Kier alpha value is -0.360. The molecule has 94 valence electrons. The van der Waals surface area contributed by atoms with E-state index in [0.717, 1.165) is 19.0 Å². The molecule has 3 heteroatoms. The van der Waals surface area contributed by atoms with E-state index in [2.05, 4.69) is 32.7 Å². The molecule has 0 radical (unpaired) electrons. The molecule has 0 saturated carbocycles. The Morgan fingerprint density at radius 3 is 2.62 bits per heavy atom. The lowest BCUT2D eigenvalue weighted by Gasteiger charge is -2.17. The van der Waals surface area contributed by atoms with Gasteiger partial charge in [0.2, 0.25) is 5.91 Å². The van der Waals surface area contributed by atoms with Crippen molar-refractivity contribution in [2.75, 3.05) is 12.3 Å². The van der Waals surface area contributed by atoms with Gasteiger partial charge in [-0.1, -0.05) is 26.8 Å². The highest BCUT2D eigenvalue weighted by Crippen LogP contribution is 2.11. The summed E-state index contributed by atoms with van der Waals surface area (Å²) in [6, 6.07) is 0.364. The lowest BCUT2D eigenvalue weighted by Crippen LogP contribution is -2.35. The monoisotopic (exact) mass is 243 g/mol. The van der Waals surface area contributed by atoms with Gasteiger partial charge in [-0.15, -0.1) is 15.2 Å². The summed E-state index contributed by atoms with van der Waals surface area (Å²) in [6.45, 7) is 10.2. The van der Waals surface area contributed by atoms with Crippen LogP contribution < -0.4 is 5.32 Å². The van der Waals surface area contributed by atoms with Crippen LogP contribution >= 0.6 is 8.58 Å². The fraction of sp³-hybridized carbons (Fsp3) is 0.769. The third kappa shape index (κ3) is 8.91. The number of carbonyl (C=O) groups is 1. The number of allylic oxidation sites excluding steroid dienone is 1. The van der Waals surface area contributed by atoms with E-state index in [-0.39, 0.29) is 5.91 Å². The highest BCUT2D eigenvalue weighted by Gasteiger charge is 2.10.